The standard InChI is InChI=1S/C12H16BrFN2/c1-8-6-10(15)4-5-16(8)12-7-9(14)2-3-11(12)13/h2-3,7-8,10H,4-6,15H2,1H3. The van der Waals surface area contributed by atoms with Gasteiger partial charge in [0.1, 0.15) is 5.82 Å². The maximum absolute atomic E-state index is 13.2. The third-order valence-electron chi connectivity index (χ3n) is 3.13. The molecule has 0 spiro atoms. The summed E-state index contributed by atoms with van der Waals surface area (Å²) in [7, 11) is 0. The van der Waals surface area contributed by atoms with Gasteiger partial charge in [0.25, 0.3) is 0 Å². The van der Waals surface area contributed by atoms with E-state index >= 15 is 0 Å². The van der Waals surface area contributed by atoms with Crippen molar-refractivity contribution < 1.29 is 4.39 Å². The number of nitrogens with zero attached hydrogens (tertiary/aromatic N) is 1. The third-order valence-corrected chi connectivity index (χ3v) is 3.80. The second-order valence-electron chi connectivity index (χ2n) is 4.42. The van der Waals surface area contributed by atoms with Crippen molar-refractivity contribution >= 4 is 21.6 Å². The maximum Gasteiger partial charge on any atom is 0.125 e. The van der Waals surface area contributed by atoms with Crippen molar-refractivity contribution in [2.75, 3.05) is 11.4 Å². The number of benzene rings is 1. The molecule has 2 N–H and O–H groups in total. The minimum Gasteiger partial charge on any atom is -0.368 e. The van der Waals surface area contributed by atoms with E-state index in [1.807, 2.05) is 0 Å². The zero-order chi connectivity index (χ0) is 11.7. The second-order valence-corrected chi connectivity index (χ2v) is 5.28. The number of halogens is 2. The molecule has 0 amide bonds. The summed E-state index contributed by atoms with van der Waals surface area (Å²) in [5.41, 5.74) is 6.85. The molecule has 2 atom stereocenters. The van der Waals surface area contributed by atoms with Crippen molar-refractivity contribution in [2.24, 2.45) is 5.73 Å². The van der Waals surface area contributed by atoms with E-state index in [-0.39, 0.29) is 11.9 Å². The van der Waals surface area contributed by atoms with E-state index < -0.39 is 0 Å². The molecule has 88 valence electrons. The topological polar surface area (TPSA) is 29.3 Å². The first-order valence-electron chi connectivity index (χ1n) is 5.55. The molecule has 1 fully saturated rings. The molecular weight excluding hydrogens is 271 g/mol. The lowest BCUT2D eigenvalue weighted by molar-refractivity contribution is 0.429. The van der Waals surface area contributed by atoms with Gasteiger partial charge in [0.2, 0.25) is 0 Å². The van der Waals surface area contributed by atoms with Gasteiger partial charge < -0.3 is 10.6 Å². The van der Waals surface area contributed by atoms with Crippen LogP contribution in [0.2, 0.25) is 0 Å². The molecule has 1 aromatic rings. The predicted molar refractivity (Wildman–Crippen MR) is 68.1 cm³/mol. The first kappa shape index (κ1) is 11.9. The van der Waals surface area contributed by atoms with E-state index in [1.54, 1.807) is 12.1 Å². The summed E-state index contributed by atoms with van der Waals surface area (Å²) in [6.45, 7) is 3.03. The van der Waals surface area contributed by atoms with Crippen LogP contribution in [-0.4, -0.2) is 18.6 Å². The summed E-state index contributed by atoms with van der Waals surface area (Å²) in [6, 6.07) is 5.44. The number of hydrogen-bond acceptors (Lipinski definition) is 2. The Bertz CT molecular complexity index is 383. The minimum atomic E-state index is -0.194. The van der Waals surface area contributed by atoms with Gasteiger partial charge in [0.05, 0.1) is 5.69 Å². The van der Waals surface area contributed by atoms with E-state index in [1.165, 1.54) is 6.07 Å². The van der Waals surface area contributed by atoms with E-state index in [4.69, 9.17) is 5.73 Å². The van der Waals surface area contributed by atoms with Crippen LogP contribution < -0.4 is 10.6 Å². The van der Waals surface area contributed by atoms with Crippen molar-refractivity contribution in [1.29, 1.82) is 0 Å². The molecule has 1 saturated heterocycles. The summed E-state index contributed by atoms with van der Waals surface area (Å²) in [6.07, 6.45) is 1.93. The lowest BCUT2D eigenvalue weighted by atomic mass is 9.98. The van der Waals surface area contributed by atoms with Crippen molar-refractivity contribution in [3.63, 3.8) is 0 Å². The normalized spacial score (nSPS) is 25.9. The van der Waals surface area contributed by atoms with E-state index in [9.17, 15) is 4.39 Å². The van der Waals surface area contributed by atoms with Gasteiger partial charge in [-0.15, -0.1) is 0 Å². The fourth-order valence-corrected chi connectivity index (χ4v) is 2.75. The number of piperidine rings is 1. The highest BCUT2D eigenvalue weighted by Crippen LogP contribution is 2.31. The third kappa shape index (κ3) is 2.38. The van der Waals surface area contributed by atoms with Crippen LogP contribution in [0, 0.1) is 5.82 Å². The molecule has 2 nitrogen and oxygen atoms in total. The SMILES string of the molecule is CC1CC(N)CCN1c1cc(F)ccc1Br. The molecule has 0 bridgehead atoms. The molecule has 0 radical (unpaired) electrons. The Labute approximate surface area is 104 Å². The van der Waals surface area contributed by atoms with Crippen LogP contribution in [0.15, 0.2) is 22.7 Å². The lowest BCUT2D eigenvalue weighted by Crippen LogP contribution is -2.45. The molecule has 1 aliphatic rings. The molecule has 4 heteroatoms. The van der Waals surface area contributed by atoms with E-state index in [0.29, 0.717) is 6.04 Å². The van der Waals surface area contributed by atoms with Crippen molar-refractivity contribution in [2.45, 2.75) is 31.8 Å². The Hall–Kier alpha value is -0.610. The zero-order valence-corrected chi connectivity index (χ0v) is 10.9. The first-order chi connectivity index (χ1) is 7.58. The van der Waals surface area contributed by atoms with Gasteiger partial charge in [-0.3, -0.25) is 0 Å². The number of anilines is 1. The highest BCUT2D eigenvalue weighted by Gasteiger charge is 2.24. The van der Waals surface area contributed by atoms with Crippen LogP contribution in [0.5, 0.6) is 0 Å². The van der Waals surface area contributed by atoms with Gasteiger partial charge >= 0.3 is 0 Å². The Balaban J connectivity index is 2.26. The van der Waals surface area contributed by atoms with Crippen LogP contribution in [0.4, 0.5) is 10.1 Å². The average Bonchev–Trinajstić information content (AvgIpc) is 2.22. The fraction of sp³-hybridized carbons (Fsp3) is 0.500. The quantitative estimate of drug-likeness (QED) is 0.860. The number of nitrogens with two attached hydrogens (primary N) is 1. The Morgan fingerprint density at radius 3 is 2.94 bits per heavy atom. The van der Waals surface area contributed by atoms with Crippen LogP contribution in [-0.2, 0) is 0 Å². The van der Waals surface area contributed by atoms with Crippen LogP contribution >= 0.6 is 15.9 Å². The lowest BCUT2D eigenvalue weighted by Gasteiger charge is -2.38. The number of rotatable bonds is 1. The van der Waals surface area contributed by atoms with Crippen LogP contribution in [0.25, 0.3) is 0 Å². The number of hydrogen-bond donors (Lipinski definition) is 1. The Kier molecular flexibility index (Phi) is 3.50. The molecule has 0 saturated carbocycles. The molecular formula is C12H16BrFN2. The summed E-state index contributed by atoms with van der Waals surface area (Å²) in [5.74, 6) is -0.194. The van der Waals surface area contributed by atoms with Gasteiger partial charge in [-0.25, -0.2) is 4.39 Å². The molecule has 1 aliphatic heterocycles. The van der Waals surface area contributed by atoms with E-state index in [0.717, 1.165) is 29.5 Å². The highest BCUT2D eigenvalue weighted by molar-refractivity contribution is 9.10. The molecule has 0 aromatic heterocycles. The van der Waals surface area contributed by atoms with Gasteiger partial charge in [-0.1, -0.05) is 0 Å². The Morgan fingerprint density at radius 1 is 1.50 bits per heavy atom. The summed E-state index contributed by atoms with van der Waals surface area (Å²) in [4.78, 5) is 2.22. The molecule has 0 aliphatic carbocycles. The summed E-state index contributed by atoms with van der Waals surface area (Å²) in [5, 5.41) is 0. The predicted octanol–water partition coefficient (Wildman–Crippen LogP) is 2.90. The van der Waals surface area contributed by atoms with Gasteiger partial charge in [0, 0.05) is 23.1 Å². The van der Waals surface area contributed by atoms with E-state index in [2.05, 4.69) is 27.8 Å². The molecule has 1 aromatic carbocycles. The van der Waals surface area contributed by atoms with Crippen molar-refractivity contribution in [1.82, 2.24) is 0 Å². The van der Waals surface area contributed by atoms with Crippen molar-refractivity contribution in [3.05, 3.63) is 28.5 Å². The summed E-state index contributed by atoms with van der Waals surface area (Å²) >= 11 is 3.47. The Morgan fingerprint density at radius 2 is 2.25 bits per heavy atom. The average molecular weight is 287 g/mol. The molecule has 2 unspecified atom stereocenters. The maximum atomic E-state index is 13.2. The van der Waals surface area contributed by atoms with Gasteiger partial charge in [0.15, 0.2) is 0 Å². The largest absolute Gasteiger partial charge is 0.368 e. The van der Waals surface area contributed by atoms with Crippen LogP contribution in [0.1, 0.15) is 19.8 Å². The molecule has 16 heavy (non-hydrogen) atoms. The molecule has 2 rings (SSSR count). The van der Waals surface area contributed by atoms with Gasteiger partial charge in [-0.2, -0.15) is 0 Å². The first-order valence-corrected chi connectivity index (χ1v) is 6.34. The van der Waals surface area contributed by atoms with Crippen molar-refractivity contribution in [3.8, 4) is 0 Å². The smallest absolute Gasteiger partial charge is 0.125 e. The van der Waals surface area contributed by atoms with Crippen LogP contribution in [0.3, 0.4) is 0 Å². The summed E-state index contributed by atoms with van der Waals surface area (Å²) < 4.78 is 14.2. The second kappa shape index (κ2) is 4.72. The highest BCUT2D eigenvalue weighted by atomic mass is 79.9. The van der Waals surface area contributed by atoms with Gasteiger partial charge in [-0.05, 0) is 53.9 Å². The minimum absolute atomic E-state index is 0.194. The molecule has 1 heterocycles. The fourth-order valence-electron chi connectivity index (χ4n) is 2.27. The zero-order valence-electron chi connectivity index (χ0n) is 9.29. The monoisotopic (exact) mass is 286 g/mol.